The lowest BCUT2D eigenvalue weighted by Crippen LogP contribution is -2.46. The van der Waals surface area contributed by atoms with Crippen molar-refractivity contribution in [3.8, 4) is 0 Å². The summed E-state index contributed by atoms with van der Waals surface area (Å²) in [4.78, 5) is 24.5. The number of carbonyl (C=O) groups excluding carboxylic acids is 1. The van der Waals surface area contributed by atoms with Gasteiger partial charge in [-0.1, -0.05) is 6.42 Å². The highest BCUT2D eigenvalue weighted by molar-refractivity contribution is 5.74. The third kappa shape index (κ3) is 3.96. The van der Waals surface area contributed by atoms with Crippen molar-refractivity contribution in [2.45, 2.75) is 32.2 Å². The van der Waals surface area contributed by atoms with Crippen molar-refractivity contribution >= 4 is 12.0 Å². The summed E-state index contributed by atoms with van der Waals surface area (Å²) in [5.41, 5.74) is 0.704. The second-order valence-electron chi connectivity index (χ2n) is 5.96. The van der Waals surface area contributed by atoms with Gasteiger partial charge in [-0.2, -0.15) is 5.10 Å². The van der Waals surface area contributed by atoms with Crippen molar-refractivity contribution in [2.75, 3.05) is 13.6 Å². The van der Waals surface area contributed by atoms with E-state index in [0.717, 1.165) is 24.8 Å². The van der Waals surface area contributed by atoms with Gasteiger partial charge in [0.05, 0.1) is 19.2 Å². The molecule has 0 unspecified atom stereocenters. The van der Waals surface area contributed by atoms with Crippen LogP contribution in [0, 0.1) is 5.41 Å². The van der Waals surface area contributed by atoms with Crippen LogP contribution in [-0.4, -0.2) is 45.4 Å². The van der Waals surface area contributed by atoms with E-state index in [1.165, 1.54) is 0 Å². The number of nitrogens with one attached hydrogen (secondary N) is 1. The number of amides is 2. The van der Waals surface area contributed by atoms with Crippen LogP contribution >= 0.6 is 0 Å². The van der Waals surface area contributed by atoms with E-state index in [2.05, 4.69) is 10.4 Å². The number of aryl methyl sites for hydroxylation is 1. The quantitative estimate of drug-likeness (QED) is 0.825. The predicted molar refractivity (Wildman–Crippen MR) is 76.6 cm³/mol. The van der Waals surface area contributed by atoms with Gasteiger partial charge in [0.1, 0.15) is 0 Å². The standard InChI is InChI=1S/C14H22N4O3/c1-17(8-11-7-16-18(2)9-11)13(21)15-10-14(4-3-5-14)6-12(19)20/h7,9H,3-6,8,10H2,1-2H3,(H,15,21)(H,19,20). The highest BCUT2D eigenvalue weighted by Gasteiger charge is 2.39. The molecule has 0 aromatic carbocycles. The summed E-state index contributed by atoms with van der Waals surface area (Å²) in [6.07, 6.45) is 6.48. The van der Waals surface area contributed by atoms with E-state index in [9.17, 15) is 9.59 Å². The van der Waals surface area contributed by atoms with Crippen molar-refractivity contribution < 1.29 is 14.7 Å². The average molecular weight is 294 g/mol. The van der Waals surface area contributed by atoms with Gasteiger partial charge in [-0.25, -0.2) is 4.79 Å². The van der Waals surface area contributed by atoms with Gasteiger partial charge in [-0.15, -0.1) is 0 Å². The van der Waals surface area contributed by atoms with E-state index in [4.69, 9.17) is 5.11 Å². The Morgan fingerprint density at radius 3 is 2.71 bits per heavy atom. The van der Waals surface area contributed by atoms with E-state index < -0.39 is 5.97 Å². The minimum absolute atomic E-state index is 0.125. The van der Waals surface area contributed by atoms with E-state index in [1.807, 2.05) is 13.2 Å². The number of hydrogen-bond acceptors (Lipinski definition) is 3. The molecule has 1 aromatic rings. The van der Waals surface area contributed by atoms with Crippen molar-refractivity contribution in [1.29, 1.82) is 0 Å². The lowest BCUT2D eigenvalue weighted by Gasteiger charge is -2.41. The summed E-state index contributed by atoms with van der Waals surface area (Å²) < 4.78 is 1.69. The second-order valence-corrected chi connectivity index (χ2v) is 5.96. The van der Waals surface area contributed by atoms with Gasteiger partial charge >= 0.3 is 12.0 Å². The Labute approximate surface area is 123 Å². The van der Waals surface area contributed by atoms with Crippen molar-refractivity contribution in [3.63, 3.8) is 0 Å². The maximum atomic E-state index is 12.1. The van der Waals surface area contributed by atoms with Gasteiger partial charge in [0, 0.05) is 32.4 Å². The zero-order valence-electron chi connectivity index (χ0n) is 12.5. The number of nitrogens with zero attached hydrogens (tertiary/aromatic N) is 3. The van der Waals surface area contributed by atoms with Crippen LogP contribution in [0.15, 0.2) is 12.4 Å². The monoisotopic (exact) mass is 294 g/mol. The molecule has 0 spiro atoms. The Kier molecular flexibility index (Phi) is 4.50. The molecule has 7 nitrogen and oxygen atoms in total. The third-order valence-electron chi connectivity index (χ3n) is 4.08. The number of carboxylic acids is 1. The first kappa shape index (κ1) is 15.3. The van der Waals surface area contributed by atoms with Gasteiger partial charge in [0.25, 0.3) is 0 Å². The maximum absolute atomic E-state index is 12.1. The van der Waals surface area contributed by atoms with Gasteiger partial charge in [-0.3, -0.25) is 9.48 Å². The van der Waals surface area contributed by atoms with Gasteiger partial charge in [0.2, 0.25) is 0 Å². The molecule has 0 radical (unpaired) electrons. The van der Waals surface area contributed by atoms with E-state index >= 15 is 0 Å². The minimum atomic E-state index is -0.798. The molecule has 0 bridgehead atoms. The van der Waals surface area contributed by atoms with Crippen LogP contribution in [-0.2, 0) is 18.4 Å². The normalized spacial score (nSPS) is 16.1. The van der Waals surface area contributed by atoms with Crippen molar-refractivity contribution in [1.82, 2.24) is 20.0 Å². The van der Waals surface area contributed by atoms with Gasteiger partial charge in [0.15, 0.2) is 0 Å². The van der Waals surface area contributed by atoms with Crippen LogP contribution in [0.1, 0.15) is 31.2 Å². The fourth-order valence-electron chi connectivity index (χ4n) is 2.71. The predicted octanol–water partition coefficient (Wildman–Crippen LogP) is 1.21. The van der Waals surface area contributed by atoms with Crippen LogP contribution in [0.5, 0.6) is 0 Å². The van der Waals surface area contributed by atoms with Crippen molar-refractivity contribution in [2.24, 2.45) is 12.5 Å². The van der Waals surface area contributed by atoms with Crippen LogP contribution in [0.4, 0.5) is 4.79 Å². The fourth-order valence-corrected chi connectivity index (χ4v) is 2.71. The lowest BCUT2D eigenvalue weighted by molar-refractivity contribution is -0.141. The zero-order valence-corrected chi connectivity index (χ0v) is 12.5. The molecular formula is C14H22N4O3. The molecule has 2 rings (SSSR count). The molecule has 2 amide bonds. The Balaban J connectivity index is 1.82. The van der Waals surface area contributed by atoms with Gasteiger partial charge in [-0.05, 0) is 18.3 Å². The third-order valence-corrected chi connectivity index (χ3v) is 4.08. The topological polar surface area (TPSA) is 87.5 Å². The molecule has 0 atom stereocenters. The molecule has 2 N–H and O–H groups in total. The lowest BCUT2D eigenvalue weighted by atomic mass is 9.66. The molecule has 7 heteroatoms. The molecule has 1 heterocycles. The number of aliphatic carboxylic acids is 1. The molecule has 1 aromatic heterocycles. The molecule has 0 saturated heterocycles. The molecule has 1 fully saturated rings. The zero-order chi connectivity index (χ0) is 15.5. The molecular weight excluding hydrogens is 272 g/mol. The second kappa shape index (κ2) is 6.15. The van der Waals surface area contributed by atoms with Crippen LogP contribution in [0.2, 0.25) is 0 Å². The Hall–Kier alpha value is -2.05. The Bertz CT molecular complexity index is 522. The molecule has 1 saturated carbocycles. The number of aromatic nitrogens is 2. The van der Waals surface area contributed by atoms with E-state index in [1.54, 1.807) is 22.8 Å². The summed E-state index contributed by atoms with van der Waals surface area (Å²) in [6, 6.07) is -0.185. The summed E-state index contributed by atoms with van der Waals surface area (Å²) in [5.74, 6) is -0.798. The first-order chi connectivity index (χ1) is 9.90. The van der Waals surface area contributed by atoms with E-state index in [-0.39, 0.29) is 17.9 Å². The SMILES string of the molecule is CN(Cc1cnn(C)c1)C(=O)NCC1(CC(=O)O)CCC1. The summed E-state index contributed by atoms with van der Waals surface area (Å²) >= 11 is 0. The first-order valence-corrected chi connectivity index (χ1v) is 7.08. The highest BCUT2D eigenvalue weighted by Crippen LogP contribution is 2.43. The number of carboxylic acid groups (broad SMARTS) is 1. The first-order valence-electron chi connectivity index (χ1n) is 7.08. The van der Waals surface area contributed by atoms with Crippen molar-refractivity contribution in [3.05, 3.63) is 18.0 Å². The van der Waals surface area contributed by atoms with E-state index in [0.29, 0.717) is 13.1 Å². The van der Waals surface area contributed by atoms with Gasteiger partial charge < -0.3 is 15.3 Å². The molecule has 1 aliphatic rings. The largest absolute Gasteiger partial charge is 0.481 e. The number of rotatable bonds is 6. The smallest absolute Gasteiger partial charge is 0.317 e. The summed E-state index contributed by atoms with van der Waals surface area (Å²) in [7, 11) is 3.54. The fraction of sp³-hybridized carbons (Fsp3) is 0.643. The van der Waals surface area contributed by atoms with Crippen LogP contribution in [0.3, 0.4) is 0 Å². The summed E-state index contributed by atoms with van der Waals surface area (Å²) in [5, 5.41) is 15.9. The molecule has 0 aliphatic heterocycles. The summed E-state index contributed by atoms with van der Waals surface area (Å²) in [6.45, 7) is 0.904. The minimum Gasteiger partial charge on any atom is -0.481 e. The highest BCUT2D eigenvalue weighted by atomic mass is 16.4. The number of hydrogen-bond donors (Lipinski definition) is 2. The maximum Gasteiger partial charge on any atom is 0.317 e. The Morgan fingerprint density at radius 1 is 1.52 bits per heavy atom. The van der Waals surface area contributed by atoms with Crippen LogP contribution < -0.4 is 5.32 Å². The molecule has 116 valence electrons. The number of urea groups is 1. The molecule has 21 heavy (non-hydrogen) atoms. The number of carbonyl (C=O) groups is 2. The van der Waals surface area contributed by atoms with Crippen LogP contribution in [0.25, 0.3) is 0 Å². The average Bonchev–Trinajstić information content (AvgIpc) is 2.77. The molecule has 1 aliphatic carbocycles. The Morgan fingerprint density at radius 2 is 2.24 bits per heavy atom.